The Hall–Kier alpha value is -2.67. The third kappa shape index (κ3) is 5.23. The minimum absolute atomic E-state index is 0.247. The van der Waals surface area contributed by atoms with Crippen LogP contribution in [0.5, 0.6) is 5.75 Å². The summed E-state index contributed by atoms with van der Waals surface area (Å²) in [4.78, 5) is 12.1. The minimum Gasteiger partial charge on any atom is -0.497 e. The van der Waals surface area contributed by atoms with Crippen LogP contribution in [-0.4, -0.2) is 43.5 Å². The van der Waals surface area contributed by atoms with Crippen molar-refractivity contribution in [2.24, 2.45) is 0 Å². The highest BCUT2D eigenvalue weighted by atomic mass is 16.5. The molecule has 0 aliphatic heterocycles. The third-order valence-corrected chi connectivity index (χ3v) is 3.09. The smallest absolute Gasteiger partial charge is 0.256 e. The van der Waals surface area contributed by atoms with Gasteiger partial charge in [0.25, 0.3) is 5.91 Å². The Labute approximate surface area is 135 Å². The van der Waals surface area contributed by atoms with E-state index in [9.17, 15) is 4.79 Å². The molecule has 0 atom stereocenters. The lowest BCUT2D eigenvalue weighted by atomic mass is 10.2. The highest BCUT2D eigenvalue weighted by Gasteiger charge is 2.07. The number of methoxy groups -OCH3 is 2. The fraction of sp³-hybridized carbons (Fsp3) is 0.312. The maximum absolute atomic E-state index is 12.1. The molecule has 0 aliphatic carbocycles. The number of amides is 1. The molecule has 1 amide bonds. The predicted molar refractivity (Wildman–Crippen MR) is 88.0 cm³/mol. The van der Waals surface area contributed by atoms with Gasteiger partial charge in [-0.05, 0) is 42.8 Å². The first-order chi connectivity index (χ1) is 11.2. The van der Waals surface area contributed by atoms with Crippen LogP contribution in [0, 0.1) is 0 Å². The number of carbonyl (C=O) groups excluding carboxylic acids is 1. The maximum atomic E-state index is 12.1. The van der Waals surface area contributed by atoms with Crippen molar-refractivity contribution in [3.63, 3.8) is 0 Å². The lowest BCUT2D eigenvalue weighted by Gasteiger charge is -2.07. The van der Waals surface area contributed by atoms with Gasteiger partial charge in [0.15, 0.2) is 5.82 Å². The van der Waals surface area contributed by atoms with Crippen molar-refractivity contribution in [2.45, 2.75) is 6.42 Å². The molecule has 0 radical (unpaired) electrons. The number of anilines is 2. The number of hydrogen-bond acceptors (Lipinski definition) is 6. The van der Waals surface area contributed by atoms with Crippen LogP contribution in [-0.2, 0) is 4.74 Å². The average molecular weight is 316 g/mol. The van der Waals surface area contributed by atoms with Crippen molar-refractivity contribution < 1.29 is 14.3 Å². The molecule has 0 saturated heterocycles. The fourth-order valence-electron chi connectivity index (χ4n) is 1.86. The monoisotopic (exact) mass is 316 g/mol. The number of hydrogen-bond donors (Lipinski definition) is 2. The van der Waals surface area contributed by atoms with Gasteiger partial charge in [-0.3, -0.25) is 4.79 Å². The summed E-state index contributed by atoms with van der Waals surface area (Å²) in [7, 11) is 3.25. The fourth-order valence-corrected chi connectivity index (χ4v) is 1.86. The van der Waals surface area contributed by atoms with Crippen LogP contribution in [0.1, 0.15) is 16.8 Å². The largest absolute Gasteiger partial charge is 0.497 e. The van der Waals surface area contributed by atoms with E-state index < -0.39 is 0 Å². The molecule has 2 aromatic rings. The van der Waals surface area contributed by atoms with E-state index in [1.54, 1.807) is 50.6 Å². The van der Waals surface area contributed by atoms with Gasteiger partial charge in [-0.2, -0.15) is 0 Å². The summed E-state index contributed by atoms with van der Waals surface area (Å²) in [5.74, 6) is 1.50. The Morgan fingerprint density at radius 1 is 1.04 bits per heavy atom. The van der Waals surface area contributed by atoms with Crippen LogP contribution >= 0.6 is 0 Å². The summed E-state index contributed by atoms with van der Waals surface area (Å²) < 4.78 is 10.0. The topological polar surface area (TPSA) is 85.4 Å². The lowest BCUT2D eigenvalue weighted by molar-refractivity contribution is 0.102. The molecule has 7 nitrogen and oxygen atoms in total. The number of benzene rings is 1. The molecule has 0 fully saturated rings. The van der Waals surface area contributed by atoms with Crippen LogP contribution in [0.15, 0.2) is 36.4 Å². The van der Waals surface area contributed by atoms with Crippen LogP contribution in [0.2, 0.25) is 0 Å². The van der Waals surface area contributed by atoms with Crippen molar-refractivity contribution in [2.75, 3.05) is 38.0 Å². The molecule has 122 valence electrons. The van der Waals surface area contributed by atoms with Crippen LogP contribution in [0.25, 0.3) is 0 Å². The normalized spacial score (nSPS) is 10.2. The van der Waals surface area contributed by atoms with E-state index >= 15 is 0 Å². The Balaban J connectivity index is 1.88. The second-order valence-electron chi connectivity index (χ2n) is 4.76. The first-order valence-electron chi connectivity index (χ1n) is 7.25. The van der Waals surface area contributed by atoms with E-state index in [4.69, 9.17) is 9.47 Å². The number of rotatable bonds is 8. The highest BCUT2D eigenvalue weighted by molar-refractivity contribution is 6.03. The Kier molecular flexibility index (Phi) is 6.31. The van der Waals surface area contributed by atoms with Gasteiger partial charge >= 0.3 is 0 Å². The second kappa shape index (κ2) is 8.70. The molecule has 23 heavy (non-hydrogen) atoms. The number of nitrogens with zero attached hydrogens (tertiary/aromatic N) is 2. The zero-order valence-corrected chi connectivity index (χ0v) is 13.2. The van der Waals surface area contributed by atoms with E-state index in [-0.39, 0.29) is 5.91 Å². The van der Waals surface area contributed by atoms with Gasteiger partial charge in [-0.1, -0.05) is 0 Å². The predicted octanol–water partition coefficient (Wildman–Crippen LogP) is 2.19. The van der Waals surface area contributed by atoms with Crippen molar-refractivity contribution in [1.29, 1.82) is 0 Å². The number of carbonyl (C=O) groups is 1. The summed E-state index contributed by atoms with van der Waals surface area (Å²) >= 11 is 0. The Morgan fingerprint density at radius 3 is 2.35 bits per heavy atom. The zero-order chi connectivity index (χ0) is 16.5. The summed E-state index contributed by atoms with van der Waals surface area (Å²) in [6, 6.07) is 10.3. The SMILES string of the molecule is COCCCNc1ccc(NC(=O)c2ccc(OC)cc2)nn1. The van der Waals surface area contributed by atoms with Gasteiger partial charge < -0.3 is 20.1 Å². The minimum atomic E-state index is -0.247. The molecule has 0 aliphatic rings. The molecule has 7 heteroatoms. The third-order valence-electron chi connectivity index (χ3n) is 3.09. The Morgan fingerprint density at radius 2 is 1.74 bits per heavy atom. The van der Waals surface area contributed by atoms with Crippen molar-refractivity contribution in [1.82, 2.24) is 10.2 Å². The summed E-state index contributed by atoms with van der Waals surface area (Å²) in [5, 5.41) is 13.8. The average Bonchev–Trinajstić information content (AvgIpc) is 2.60. The van der Waals surface area contributed by atoms with Crippen LogP contribution in [0.4, 0.5) is 11.6 Å². The zero-order valence-electron chi connectivity index (χ0n) is 13.2. The lowest BCUT2D eigenvalue weighted by Crippen LogP contribution is -2.14. The molecule has 0 spiro atoms. The number of nitrogens with one attached hydrogen (secondary N) is 2. The molecule has 2 N–H and O–H groups in total. The molecule has 1 heterocycles. The van der Waals surface area contributed by atoms with E-state index in [1.165, 1.54) is 0 Å². The van der Waals surface area contributed by atoms with Crippen molar-refractivity contribution >= 4 is 17.5 Å². The van der Waals surface area contributed by atoms with E-state index in [0.29, 0.717) is 29.6 Å². The summed E-state index contributed by atoms with van der Waals surface area (Å²) in [6.45, 7) is 1.44. The van der Waals surface area contributed by atoms with Crippen molar-refractivity contribution in [3.8, 4) is 5.75 Å². The molecular formula is C16H20N4O3. The molecule has 1 aromatic heterocycles. The van der Waals surface area contributed by atoms with Crippen LogP contribution in [0.3, 0.4) is 0 Å². The van der Waals surface area contributed by atoms with Gasteiger partial charge in [0.05, 0.1) is 7.11 Å². The maximum Gasteiger partial charge on any atom is 0.256 e. The van der Waals surface area contributed by atoms with Gasteiger partial charge in [-0.25, -0.2) is 0 Å². The molecule has 1 aromatic carbocycles. The molecule has 0 saturated carbocycles. The molecular weight excluding hydrogens is 296 g/mol. The Bertz CT molecular complexity index is 614. The number of ether oxygens (including phenoxy) is 2. The van der Waals surface area contributed by atoms with E-state index in [0.717, 1.165) is 13.0 Å². The molecule has 0 bridgehead atoms. The highest BCUT2D eigenvalue weighted by Crippen LogP contribution is 2.13. The number of aromatic nitrogens is 2. The van der Waals surface area contributed by atoms with Crippen LogP contribution < -0.4 is 15.4 Å². The first kappa shape index (κ1) is 16.7. The molecule has 0 unspecified atom stereocenters. The van der Waals surface area contributed by atoms with Gasteiger partial charge in [0, 0.05) is 25.8 Å². The second-order valence-corrected chi connectivity index (χ2v) is 4.76. The van der Waals surface area contributed by atoms with Gasteiger partial charge in [-0.15, -0.1) is 10.2 Å². The van der Waals surface area contributed by atoms with E-state index in [2.05, 4.69) is 20.8 Å². The summed E-state index contributed by atoms with van der Waals surface area (Å²) in [5.41, 5.74) is 0.523. The van der Waals surface area contributed by atoms with Gasteiger partial charge in [0.1, 0.15) is 11.6 Å². The molecule has 2 rings (SSSR count). The van der Waals surface area contributed by atoms with Gasteiger partial charge in [0.2, 0.25) is 0 Å². The van der Waals surface area contributed by atoms with E-state index in [1.807, 2.05) is 0 Å². The standard InChI is InChI=1S/C16H20N4O3/c1-22-11-3-10-17-14-8-9-15(20-19-14)18-16(21)12-4-6-13(23-2)7-5-12/h4-9H,3,10-11H2,1-2H3,(H,17,19)(H,18,20,21). The quantitative estimate of drug-likeness (QED) is 0.726. The van der Waals surface area contributed by atoms with Crippen molar-refractivity contribution in [3.05, 3.63) is 42.0 Å². The first-order valence-corrected chi connectivity index (χ1v) is 7.25. The summed E-state index contributed by atoms with van der Waals surface area (Å²) in [6.07, 6.45) is 0.883.